The molecule has 1 aromatic heterocycles. The molecule has 7 heteroatoms. The summed E-state index contributed by atoms with van der Waals surface area (Å²) in [4.78, 5) is 30.6. The number of nitrogens with one attached hydrogen (secondary N) is 1. The van der Waals surface area contributed by atoms with Gasteiger partial charge in [0.1, 0.15) is 10.8 Å². The maximum absolute atomic E-state index is 12.5. The number of likely N-dealkylation sites (N-methyl/N-ethyl adjacent to an activating group) is 1. The van der Waals surface area contributed by atoms with Crippen LogP contribution in [0.15, 0.2) is 29.6 Å². The van der Waals surface area contributed by atoms with Gasteiger partial charge in [0.25, 0.3) is 0 Å². The lowest BCUT2D eigenvalue weighted by Crippen LogP contribution is -2.43. The van der Waals surface area contributed by atoms with Crippen LogP contribution in [0.5, 0.6) is 5.75 Å². The van der Waals surface area contributed by atoms with E-state index in [0.29, 0.717) is 13.2 Å². The predicted octanol–water partition coefficient (Wildman–Crippen LogP) is 3.12. The predicted molar refractivity (Wildman–Crippen MR) is 108 cm³/mol. The highest BCUT2D eigenvalue weighted by atomic mass is 32.1. The van der Waals surface area contributed by atoms with Crippen molar-refractivity contribution in [2.45, 2.75) is 40.2 Å². The molecule has 0 bridgehead atoms. The highest BCUT2D eigenvalue weighted by Crippen LogP contribution is 2.26. The minimum absolute atomic E-state index is 0.0570. The lowest BCUT2D eigenvalue weighted by Gasteiger charge is -2.20. The third-order valence-electron chi connectivity index (χ3n) is 3.81. The number of nitrogens with zero attached hydrogens (tertiary/aromatic N) is 2. The number of rotatable bonds is 9. The van der Waals surface area contributed by atoms with Crippen molar-refractivity contribution in [2.75, 3.05) is 19.7 Å². The summed E-state index contributed by atoms with van der Waals surface area (Å²) in [7, 11) is 0. The van der Waals surface area contributed by atoms with Gasteiger partial charge in [-0.3, -0.25) is 9.59 Å². The minimum atomic E-state index is -0.145. The van der Waals surface area contributed by atoms with Gasteiger partial charge in [0.05, 0.1) is 25.3 Å². The Labute approximate surface area is 164 Å². The molecule has 1 heterocycles. The summed E-state index contributed by atoms with van der Waals surface area (Å²) in [5, 5.41) is 5.57. The van der Waals surface area contributed by atoms with Gasteiger partial charge in [0.15, 0.2) is 0 Å². The third-order valence-corrected chi connectivity index (χ3v) is 4.76. The van der Waals surface area contributed by atoms with E-state index in [4.69, 9.17) is 4.74 Å². The summed E-state index contributed by atoms with van der Waals surface area (Å²) in [6, 6.07) is 7.81. The zero-order valence-corrected chi connectivity index (χ0v) is 17.1. The van der Waals surface area contributed by atoms with Crippen LogP contribution in [0.1, 0.15) is 33.4 Å². The Morgan fingerprint density at radius 1 is 1.22 bits per heavy atom. The molecular formula is C20H27N3O3S. The molecule has 0 aliphatic heterocycles. The molecule has 27 heavy (non-hydrogen) atoms. The summed E-state index contributed by atoms with van der Waals surface area (Å²) in [5.74, 6) is 0.583. The SMILES string of the molecule is CCOc1ccc(-c2nc(CC(=O)N(CC)CC(=O)NC(C)C)cs2)cc1. The number of carbonyl (C=O) groups excluding carboxylic acids is 2. The summed E-state index contributed by atoms with van der Waals surface area (Å²) in [6.07, 6.45) is 0.191. The third kappa shape index (κ3) is 6.36. The standard InChI is InChI=1S/C20H27N3O3S/c1-5-23(12-18(24)21-14(3)4)19(25)11-16-13-27-20(22-16)15-7-9-17(10-8-15)26-6-2/h7-10,13-14H,5-6,11-12H2,1-4H3,(H,21,24). The van der Waals surface area contributed by atoms with E-state index in [9.17, 15) is 9.59 Å². The number of benzene rings is 1. The van der Waals surface area contributed by atoms with E-state index >= 15 is 0 Å². The van der Waals surface area contributed by atoms with Crippen LogP contribution in [0.25, 0.3) is 10.6 Å². The van der Waals surface area contributed by atoms with Gasteiger partial charge in [-0.15, -0.1) is 11.3 Å². The average molecular weight is 390 g/mol. The average Bonchev–Trinajstić information content (AvgIpc) is 3.08. The summed E-state index contributed by atoms with van der Waals surface area (Å²) < 4.78 is 5.45. The fourth-order valence-corrected chi connectivity index (χ4v) is 3.39. The van der Waals surface area contributed by atoms with Crippen molar-refractivity contribution >= 4 is 23.2 Å². The number of hydrogen-bond donors (Lipinski definition) is 1. The summed E-state index contributed by atoms with van der Waals surface area (Å²) >= 11 is 1.50. The van der Waals surface area contributed by atoms with E-state index in [2.05, 4.69) is 10.3 Å². The molecule has 0 aliphatic carbocycles. The van der Waals surface area contributed by atoms with Gasteiger partial charge in [0, 0.05) is 23.5 Å². The Morgan fingerprint density at radius 2 is 1.93 bits per heavy atom. The largest absolute Gasteiger partial charge is 0.494 e. The smallest absolute Gasteiger partial charge is 0.239 e. The number of carbonyl (C=O) groups is 2. The molecule has 0 spiro atoms. The van der Waals surface area contributed by atoms with Gasteiger partial charge >= 0.3 is 0 Å². The van der Waals surface area contributed by atoms with Gasteiger partial charge in [-0.05, 0) is 52.0 Å². The van der Waals surface area contributed by atoms with Gasteiger partial charge in [0.2, 0.25) is 11.8 Å². The first-order chi connectivity index (χ1) is 12.9. The van der Waals surface area contributed by atoms with Crippen molar-refractivity contribution < 1.29 is 14.3 Å². The zero-order valence-electron chi connectivity index (χ0n) is 16.3. The first kappa shape index (κ1) is 20.9. The molecule has 1 N–H and O–H groups in total. The summed E-state index contributed by atoms with van der Waals surface area (Å²) in [6.45, 7) is 8.80. The van der Waals surface area contributed by atoms with E-state index in [0.717, 1.165) is 22.0 Å². The maximum atomic E-state index is 12.5. The molecular weight excluding hydrogens is 362 g/mol. The molecule has 0 radical (unpaired) electrons. The molecule has 0 aliphatic rings. The number of ether oxygens (including phenoxy) is 1. The second-order valence-electron chi connectivity index (χ2n) is 6.41. The van der Waals surface area contributed by atoms with E-state index in [1.54, 1.807) is 4.90 Å². The Morgan fingerprint density at radius 3 is 2.52 bits per heavy atom. The topological polar surface area (TPSA) is 71.5 Å². The number of thiazole rings is 1. The lowest BCUT2D eigenvalue weighted by molar-refractivity contribution is -0.135. The van der Waals surface area contributed by atoms with Gasteiger partial charge in [-0.2, -0.15) is 0 Å². The first-order valence-electron chi connectivity index (χ1n) is 9.17. The molecule has 0 atom stereocenters. The molecule has 2 amide bonds. The summed E-state index contributed by atoms with van der Waals surface area (Å²) in [5.41, 5.74) is 1.71. The zero-order chi connectivity index (χ0) is 19.8. The maximum Gasteiger partial charge on any atom is 0.239 e. The van der Waals surface area contributed by atoms with Crippen molar-refractivity contribution in [1.82, 2.24) is 15.2 Å². The van der Waals surface area contributed by atoms with E-state index in [-0.39, 0.29) is 30.8 Å². The Bertz CT molecular complexity index is 756. The van der Waals surface area contributed by atoms with Crippen LogP contribution in [-0.2, 0) is 16.0 Å². The van der Waals surface area contributed by atoms with Crippen molar-refractivity contribution in [1.29, 1.82) is 0 Å². The molecule has 2 rings (SSSR count). The molecule has 6 nitrogen and oxygen atoms in total. The highest BCUT2D eigenvalue weighted by Gasteiger charge is 2.18. The monoisotopic (exact) mass is 389 g/mol. The Balaban J connectivity index is 1.99. The molecule has 146 valence electrons. The second kappa shape index (κ2) is 10.1. The van der Waals surface area contributed by atoms with Crippen LogP contribution in [0.2, 0.25) is 0 Å². The van der Waals surface area contributed by atoms with Crippen LogP contribution in [0.3, 0.4) is 0 Å². The molecule has 0 saturated heterocycles. The fourth-order valence-electron chi connectivity index (χ4n) is 2.57. The quantitative estimate of drug-likeness (QED) is 0.715. The van der Waals surface area contributed by atoms with Crippen molar-refractivity contribution in [3.63, 3.8) is 0 Å². The molecule has 1 aromatic carbocycles. The Kier molecular flexibility index (Phi) is 7.79. The van der Waals surface area contributed by atoms with Crippen LogP contribution in [0.4, 0.5) is 0 Å². The van der Waals surface area contributed by atoms with Crippen molar-refractivity contribution in [3.05, 3.63) is 35.3 Å². The van der Waals surface area contributed by atoms with E-state index in [1.807, 2.05) is 57.3 Å². The molecule has 0 saturated carbocycles. The van der Waals surface area contributed by atoms with Crippen LogP contribution >= 0.6 is 11.3 Å². The van der Waals surface area contributed by atoms with Gasteiger partial charge in [-0.1, -0.05) is 0 Å². The lowest BCUT2D eigenvalue weighted by atomic mass is 10.2. The Hall–Kier alpha value is -2.41. The molecule has 0 fully saturated rings. The van der Waals surface area contributed by atoms with Gasteiger partial charge in [-0.25, -0.2) is 4.98 Å². The van der Waals surface area contributed by atoms with Crippen LogP contribution in [-0.4, -0.2) is 47.4 Å². The van der Waals surface area contributed by atoms with Crippen molar-refractivity contribution in [3.8, 4) is 16.3 Å². The first-order valence-corrected chi connectivity index (χ1v) is 10.1. The second-order valence-corrected chi connectivity index (χ2v) is 7.27. The molecule has 0 unspecified atom stereocenters. The number of aromatic nitrogens is 1. The fraction of sp³-hybridized carbons (Fsp3) is 0.450. The van der Waals surface area contributed by atoms with Crippen LogP contribution < -0.4 is 10.1 Å². The highest BCUT2D eigenvalue weighted by molar-refractivity contribution is 7.13. The number of amides is 2. The minimum Gasteiger partial charge on any atom is -0.494 e. The normalized spacial score (nSPS) is 10.7. The van der Waals surface area contributed by atoms with Crippen molar-refractivity contribution in [2.24, 2.45) is 0 Å². The van der Waals surface area contributed by atoms with Crippen LogP contribution in [0, 0.1) is 0 Å². The van der Waals surface area contributed by atoms with E-state index < -0.39 is 0 Å². The van der Waals surface area contributed by atoms with E-state index in [1.165, 1.54) is 11.3 Å². The van der Waals surface area contributed by atoms with Gasteiger partial charge < -0.3 is 15.0 Å². The number of hydrogen-bond acceptors (Lipinski definition) is 5. The molecule has 2 aromatic rings.